The lowest BCUT2D eigenvalue weighted by Crippen LogP contribution is -2.39. The number of hydrogen-bond donors (Lipinski definition) is 0. The molecule has 1 aliphatic carbocycles. The van der Waals surface area contributed by atoms with Crippen LogP contribution < -0.4 is 0 Å². The Balaban J connectivity index is 1.52. The molecule has 2 aliphatic rings. The summed E-state index contributed by atoms with van der Waals surface area (Å²) < 4.78 is 0. The summed E-state index contributed by atoms with van der Waals surface area (Å²) in [5.74, 6) is 7.25. The number of likely N-dealkylation sites (tertiary alicyclic amines) is 1. The van der Waals surface area contributed by atoms with Crippen molar-refractivity contribution in [3.05, 3.63) is 35.4 Å². The number of nitrogens with zero attached hydrogens (tertiary/aromatic N) is 2. The molecule has 3 rings (SSSR count). The highest BCUT2D eigenvalue weighted by molar-refractivity contribution is 5.37. The molecule has 1 aromatic rings. The highest BCUT2D eigenvalue weighted by Gasteiger charge is 2.32. The summed E-state index contributed by atoms with van der Waals surface area (Å²) in [6.45, 7) is 5.47. The van der Waals surface area contributed by atoms with Gasteiger partial charge in [-0.15, -0.1) is 0 Å². The number of hydrogen-bond acceptors (Lipinski definition) is 2. The zero-order chi connectivity index (χ0) is 16.1. The average molecular weight is 306 g/mol. The van der Waals surface area contributed by atoms with E-state index in [4.69, 9.17) is 5.26 Å². The Morgan fingerprint density at radius 2 is 1.87 bits per heavy atom. The van der Waals surface area contributed by atoms with Crippen LogP contribution >= 0.6 is 0 Å². The zero-order valence-corrected chi connectivity index (χ0v) is 14.1. The molecular weight excluding hydrogens is 280 g/mol. The molecule has 1 heterocycles. The standard InChI is InChI=1S/C21H26N2/c1-2-21(11-14-22)12-15-23(16-13-21)17-20-9-7-19(8-10-20)6-5-18-3-4-18/h7-10,18H,2-4,11-13,15-17H2,1H3. The summed E-state index contributed by atoms with van der Waals surface area (Å²) in [5, 5.41) is 9.05. The topological polar surface area (TPSA) is 27.0 Å². The molecule has 0 N–H and O–H groups in total. The van der Waals surface area contributed by atoms with E-state index in [-0.39, 0.29) is 5.41 Å². The number of rotatable bonds is 4. The van der Waals surface area contributed by atoms with Gasteiger partial charge in [-0.3, -0.25) is 4.90 Å². The fraction of sp³-hybridized carbons (Fsp3) is 0.571. The Kier molecular flexibility index (Phi) is 5.04. The minimum atomic E-state index is 0.271. The van der Waals surface area contributed by atoms with Crippen molar-refractivity contribution in [3.8, 4) is 17.9 Å². The molecule has 0 aromatic heterocycles. The second-order valence-corrected chi connectivity index (χ2v) is 7.21. The van der Waals surface area contributed by atoms with E-state index in [2.05, 4.69) is 54.0 Å². The van der Waals surface area contributed by atoms with E-state index < -0.39 is 0 Å². The van der Waals surface area contributed by atoms with Crippen molar-refractivity contribution in [1.82, 2.24) is 4.90 Å². The molecule has 1 aromatic carbocycles. The van der Waals surface area contributed by atoms with Crippen molar-refractivity contribution in [3.63, 3.8) is 0 Å². The molecule has 1 aliphatic heterocycles. The van der Waals surface area contributed by atoms with Crippen LogP contribution in [0.2, 0.25) is 0 Å². The third-order valence-electron chi connectivity index (χ3n) is 5.48. The first kappa shape index (κ1) is 16.1. The monoisotopic (exact) mass is 306 g/mol. The van der Waals surface area contributed by atoms with Crippen LogP contribution in [0.3, 0.4) is 0 Å². The van der Waals surface area contributed by atoms with Gasteiger partial charge in [0.05, 0.1) is 6.07 Å². The molecular formula is C21H26N2. The number of benzene rings is 1. The Morgan fingerprint density at radius 3 is 2.43 bits per heavy atom. The smallest absolute Gasteiger partial charge is 0.0627 e. The minimum Gasteiger partial charge on any atom is -0.299 e. The molecule has 23 heavy (non-hydrogen) atoms. The van der Waals surface area contributed by atoms with Crippen molar-refractivity contribution >= 4 is 0 Å². The van der Waals surface area contributed by atoms with E-state index in [1.54, 1.807) is 0 Å². The fourth-order valence-corrected chi connectivity index (χ4v) is 3.37. The largest absolute Gasteiger partial charge is 0.299 e. The molecule has 0 spiro atoms. The fourth-order valence-electron chi connectivity index (χ4n) is 3.37. The van der Waals surface area contributed by atoms with E-state index in [0.29, 0.717) is 12.3 Å². The van der Waals surface area contributed by atoms with Crippen LogP contribution in [0.1, 0.15) is 56.6 Å². The van der Waals surface area contributed by atoms with E-state index in [1.807, 2.05) is 0 Å². The maximum Gasteiger partial charge on any atom is 0.0627 e. The Bertz CT molecular complexity index is 615. The van der Waals surface area contributed by atoms with Gasteiger partial charge < -0.3 is 0 Å². The average Bonchev–Trinajstić information content (AvgIpc) is 3.41. The highest BCUT2D eigenvalue weighted by atomic mass is 15.1. The predicted octanol–water partition coefficient (Wildman–Crippen LogP) is 4.35. The Labute approximate surface area is 140 Å². The molecule has 120 valence electrons. The van der Waals surface area contributed by atoms with Crippen molar-refractivity contribution in [1.29, 1.82) is 5.26 Å². The van der Waals surface area contributed by atoms with Crippen LogP contribution in [0.5, 0.6) is 0 Å². The van der Waals surface area contributed by atoms with Crippen LogP contribution in [0.4, 0.5) is 0 Å². The van der Waals surface area contributed by atoms with Gasteiger partial charge in [0, 0.05) is 24.4 Å². The molecule has 0 atom stereocenters. The summed E-state index contributed by atoms with van der Waals surface area (Å²) in [6, 6.07) is 11.1. The van der Waals surface area contributed by atoms with Gasteiger partial charge in [-0.2, -0.15) is 5.26 Å². The zero-order valence-electron chi connectivity index (χ0n) is 14.1. The van der Waals surface area contributed by atoms with E-state index in [1.165, 1.54) is 18.4 Å². The highest BCUT2D eigenvalue weighted by Crippen LogP contribution is 2.38. The normalized spacial score (nSPS) is 20.3. The van der Waals surface area contributed by atoms with Gasteiger partial charge in [0.2, 0.25) is 0 Å². The summed E-state index contributed by atoms with van der Waals surface area (Å²) in [7, 11) is 0. The lowest BCUT2D eigenvalue weighted by molar-refractivity contribution is 0.0980. The van der Waals surface area contributed by atoms with E-state index in [9.17, 15) is 0 Å². The Morgan fingerprint density at radius 1 is 1.17 bits per heavy atom. The molecule has 0 unspecified atom stereocenters. The molecule has 1 saturated carbocycles. The maximum atomic E-state index is 9.05. The summed E-state index contributed by atoms with van der Waals surface area (Å²) in [5.41, 5.74) is 2.78. The van der Waals surface area contributed by atoms with Gasteiger partial charge in [-0.1, -0.05) is 30.9 Å². The molecule has 0 amide bonds. The maximum absolute atomic E-state index is 9.05. The second-order valence-electron chi connectivity index (χ2n) is 7.21. The lowest BCUT2D eigenvalue weighted by Gasteiger charge is -2.40. The van der Waals surface area contributed by atoms with Gasteiger partial charge in [0.1, 0.15) is 0 Å². The summed E-state index contributed by atoms with van der Waals surface area (Å²) in [4.78, 5) is 2.52. The van der Waals surface area contributed by atoms with Crippen molar-refractivity contribution in [2.24, 2.45) is 11.3 Å². The predicted molar refractivity (Wildman–Crippen MR) is 93.5 cm³/mol. The van der Waals surface area contributed by atoms with E-state index in [0.717, 1.165) is 44.5 Å². The molecule has 1 saturated heterocycles. The second kappa shape index (κ2) is 7.20. The first-order valence-electron chi connectivity index (χ1n) is 8.93. The number of nitriles is 1. The lowest BCUT2D eigenvalue weighted by atomic mass is 9.74. The van der Waals surface area contributed by atoms with Gasteiger partial charge in [-0.05, 0) is 68.3 Å². The first-order valence-corrected chi connectivity index (χ1v) is 8.93. The molecule has 2 nitrogen and oxygen atoms in total. The van der Waals surface area contributed by atoms with Crippen LogP contribution in [0, 0.1) is 34.5 Å². The van der Waals surface area contributed by atoms with Crippen LogP contribution in [-0.2, 0) is 6.54 Å². The van der Waals surface area contributed by atoms with Crippen molar-refractivity contribution in [2.45, 2.75) is 52.0 Å². The van der Waals surface area contributed by atoms with Gasteiger partial charge in [0.25, 0.3) is 0 Å². The van der Waals surface area contributed by atoms with Crippen LogP contribution in [0.25, 0.3) is 0 Å². The first-order chi connectivity index (χ1) is 11.2. The number of piperidine rings is 1. The Hall–Kier alpha value is -1.77. The van der Waals surface area contributed by atoms with Gasteiger partial charge >= 0.3 is 0 Å². The van der Waals surface area contributed by atoms with Crippen molar-refractivity contribution in [2.75, 3.05) is 13.1 Å². The third-order valence-corrected chi connectivity index (χ3v) is 5.48. The molecule has 0 bridgehead atoms. The third kappa shape index (κ3) is 4.37. The van der Waals surface area contributed by atoms with Gasteiger partial charge in [-0.25, -0.2) is 0 Å². The molecule has 2 heteroatoms. The quantitative estimate of drug-likeness (QED) is 0.773. The molecule has 0 radical (unpaired) electrons. The summed E-state index contributed by atoms with van der Waals surface area (Å²) in [6.07, 6.45) is 6.72. The van der Waals surface area contributed by atoms with Gasteiger partial charge in [0.15, 0.2) is 0 Å². The van der Waals surface area contributed by atoms with Crippen LogP contribution in [0.15, 0.2) is 24.3 Å². The van der Waals surface area contributed by atoms with Crippen LogP contribution in [-0.4, -0.2) is 18.0 Å². The SMILES string of the molecule is CCC1(CC#N)CCN(Cc2ccc(C#CC3CC3)cc2)CC1. The summed E-state index contributed by atoms with van der Waals surface area (Å²) >= 11 is 0. The van der Waals surface area contributed by atoms with E-state index >= 15 is 0 Å². The molecule has 2 fully saturated rings. The minimum absolute atomic E-state index is 0.271. The van der Waals surface area contributed by atoms with Crippen molar-refractivity contribution < 1.29 is 0 Å².